The summed E-state index contributed by atoms with van der Waals surface area (Å²) < 4.78 is 43.8. The Kier molecular flexibility index (Phi) is 8.42. The van der Waals surface area contributed by atoms with Crippen molar-refractivity contribution < 1.29 is 17.9 Å². The number of nitrogens with zero attached hydrogens (tertiary/aromatic N) is 4. The minimum atomic E-state index is -4.73. The molecule has 0 atom stereocenters. The highest BCUT2D eigenvalue weighted by atomic mass is 35.5. The number of aromatic nitrogens is 2. The van der Waals surface area contributed by atoms with Gasteiger partial charge >= 0.3 is 6.36 Å². The average Bonchev–Trinajstić information content (AvgIpc) is 3.27. The van der Waals surface area contributed by atoms with Gasteiger partial charge in [0.25, 0.3) is 0 Å². The van der Waals surface area contributed by atoms with Gasteiger partial charge in [-0.3, -0.25) is 14.5 Å². The van der Waals surface area contributed by atoms with Crippen molar-refractivity contribution in [2.75, 3.05) is 32.7 Å². The van der Waals surface area contributed by atoms with Gasteiger partial charge in [0.15, 0.2) is 0 Å². The summed E-state index contributed by atoms with van der Waals surface area (Å²) in [6, 6.07) is 20.2. The summed E-state index contributed by atoms with van der Waals surface area (Å²) in [6.07, 6.45) is -3.96. The highest BCUT2D eigenvalue weighted by Crippen LogP contribution is 2.32. The molecule has 1 aliphatic heterocycles. The van der Waals surface area contributed by atoms with Crippen LogP contribution < -0.4 is 10.5 Å². The number of benzene rings is 3. The number of fused-ring (bicyclic) bond motifs is 1. The lowest BCUT2D eigenvalue weighted by atomic mass is 10.0. The monoisotopic (exact) mass is 557 g/mol. The number of hydrogen-bond donors (Lipinski definition) is 1. The van der Waals surface area contributed by atoms with Crippen molar-refractivity contribution in [2.24, 2.45) is 5.73 Å². The second kappa shape index (κ2) is 12.0. The molecule has 0 aliphatic carbocycles. The molecule has 4 aromatic rings. The molecule has 2 N–H and O–H groups in total. The number of nitrogens with two attached hydrogens (primary N) is 1. The van der Waals surface area contributed by atoms with Crippen LogP contribution in [0.1, 0.15) is 17.5 Å². The number of halogens is 4. The first kappa shape index (κ1) is 27.5. The lowest BCUT2D eigenvalue weighted by Gasteiger charge is -2.35. The maximum absolute atomic E-state index is 12.6. The fourth-order valence-electron chi connectivity index (χ4n) is 5.00. The minimum Gasteiger partial charge on any atom is -0.406 e. The summed E-state index contributed by atoms with van der Waals surface area (Å²) in [5.74, 6) is -0.257. The first-order valence-electron chi connectivity index (χ1n) is 13.0. The predicted molar refractivity (Wildman–Crippen MR) is 148 cm³/mol. The van der Waals surface area contributed by atoms with Crippen LogP contribution in [0.25, 0.3) is 22.2 Å². The molecule has 0 unspecified atom stereocenters. The molecule has 2 heterocycles. The summed E-state index contributed by atoms with van der Waals surface area (Å²) in [5, 5.41) is 6.58. The van der Waals surface area contributed by atoms with E-state index in [1.54, 1.807) is 12.1 Å². The Morgan fingerprint density at radius 3 is 2.26 bits per heavy atom. The van der Waals surface area contributed by atoms with Crippen LogP contribution in [0.15, 0.2) is 66.7 Å². The number of alkyl halides is 3. The molecule has 206 valence electrons. The normalized spacial score (nSPS) is 15.2. The van der Waals surface area contributed by atoms with Gasteiger partial charge in [0.2, 0.25) is 0 Å². The van der Waals surface area contributed by atoms with E-state index in [-0.39, 0.29) is 5.75 Å². The lowest BCUT2D eigenvalue weighted by Crippen LogP contribution is -2.45. The van der Waals surface area contributed by atoms with E-state index in [9.17, 15) is 13.2 Å². The zero-order valence-electron chi connectivity index (χ0n) is 21.5. The van der Waals surface area contributed by atoms with Gasteiger partial charge < -0.3 is 10.5 Å². The number of piperazine rings is 1. The molecule has 1 aromatic heterocycles. The van der Waals surface area contributed by atoms with Crippen LogP contribution in [0.3, 0.4) is 0 Å². The number of rotatable bonds is 9. The zero-order chi connectivity index (χ0) is 27.4. The summed E-state index contributed by atoms with van der Waals surface area (Å²) >= 11 is 6.35. The average molecular weight is 558 g/mol. The summed E-state index contributed by atoms with van der Waals surface area (Å²) in [5.41, 5.74) is 10.5. The molecule has 5 rings (SSSR count). The van der Waals surface area contributed by atoms with Crippen molar-refractivity contribution in [1.82, 2.24) is 19.6 Å². The topological polar surface area (TPSA) is 59.6 Å². The maximum Gasteiger partial charge on any atom is 0.573 e. The fourth-order valence-corrected chi connectivity index (χ4v) is 5.19. The van der Waals surface area contributed by atoms with Crippen LogP contribution >= 0.6 is 11.6 Å². The Labute approximate surface area is 230 Å². The van der Waals surface area contributed by atoms with Gasteiger partial charge in [0.1, 0.15) is 11.4 Å². The van der Waals surface area contributed by atoms with Crippen LogP contribution in [0.4, 0.5) is 13.2 Å². The van der Waals surface area contributed by atoms with Gasteiger partial charge in [-0.15, -0.1) is 13.2 Å². The molecule has 0 bridgehead atoms. The molecule has 10 heteroatoms. The molecule has 6 nitrogen and oxygen atoms in total. The van der Waals surface area contributed by atoms with Crippen LogP contribution in [0, 0.1) is 0 Å². The molecule has 0 saturated carbocycles. The third-order valence-corrected chi connectivity index (χ3v) is 7.34. The van der Waals surface area contributed by atoms with E-state index in [1.807, 2.05) is 22.9 Å². The van der Waals surface area contributed by atoms with Gasteiger partial charge in [-0.1, -0.05) is 35.9 Å². The number of aryl methyl sites for hydroxylation is 1. The van der Waals surface area contributed by atoms with Crippen molar-refractivity contribution in [1.29, 1.82) is 0 Å². The van der Waals surface area contributed by atoms with Crippen molar-refractivity contribution in [2.45, 2.75) is 32.4 Å². The van der Waals surface area contributed by atoms with Crippen LogP contribution in [-0.2, 0) is 19.6 Å². The third kappa shape index (κ3) is 6.91. The molecule has 0 amide bonds. The zero-order valence-corrected chi connectivity index (χ0v) is 22.3. The predicted octanol–water partition coefficient (Wildman–Crippen LogP) is 5.92. The van der Waals surface area contributed by atoms with E-state index in [0.29, 0.717) is 13.1 Å². The van der Waals surface area contributed by atoms with Crippen LogP contribution in [0.5, 0.6) is 5.75 Å². The van der Waals surface area contributed by atoms with E-state index in [2.05, 4.69) is 38.8 Å². The largest absolute Gasteiger partial charge is 0.573 e. The first-order valence-corrected chi connectivity index (χ1v) is 13.4. The second-order valence-electron chi connectivity index (χ2n) is 9.78. The molecule has 39 heavy (non-hydrogen) atoms. The summed E-state index contributed by atoms with van der Waals surface area (Å²) in [7, 11) is 0. The molecular formula is C29H31ClF3N5O. The highest BCUT2D eigenvalue weighted by molar-refractivity contribution is 6.31. The van der Waals surface area contributed by atoms with Gasteiger partial charge in [0.05, 0.1) is 5.52 Å². The number of ether oxygens (including phenoxy) is 1. The Bertz CT molecular complexity index is 1400. The third-order valence-electron chi connectivity index (χ3n) is 6.97. The Morgan fingerprint density at radius 2 is 1.59 bits per heavy atom. The molecule has 0 radical (unpaired) electrons. The molecular weight excluding hydrogens is 527 g/mol. The van der Waals surface area contributed by atoms with Crippen molar-refractivity contribution in [3.63, 3.8) is 0 Å². The Balaban J connectivity index is 1.32. The highest BCUT2D eigenvalue weighted by Gasteiger charge is 2.31. The van der Waals surface area contributed by atoms with E-state index in [1.165, 1.54) is 17.7 Å². The second-order valence-corrected chi connectivity index (χ2v) is 10.2. The van der Waals surface area contributed by atoms with E-state index < -0.39 is 6.36 Å². The molecule has 1 fully saturated rings. The fraction of sp³-hybridized carbons (Fsp3) is 0.345. The molecule has 3 aromatic carbocycles. The molecule has 1 aliphatic rings. The summed E-state index contributed by atoms with van der Waals surface area (Å²) in [4.78, 5) is 4.86. The van der Waals surface area contributed by atoms with Gasteiger partial charge in [0, 0.05) is 61.8 Å². The van der Waals surface area contributed by atoms with Crippen molar-refractivity contribution >= 4 is 22.5 Å². The van der Waals surface area contributed by atoms with E-state index >= 15 is 0 Å². The smallest absolute Gasteiger partial charge is 0.406 e. The Morgan fingerprint density at radius 1 is 0.897 bits per heavy atom. The van der Waals surface area contributed by atoms with Crippen molar-refractivity contribution in [3.8, 4) is 17.0 Å². The quantitative estimate of drug-likeness (QED) is 0.277. The standard InChI is InChI=1S/C29H31ClF3N5O/c30-26-5-2-1-4-23(26)20-37-16-14-36(15-17-37)19-21-6-11-27-25(18-21)28(35-38(27)13-3-12-34)22-7-9-24(10-8-22)39-29(31,32)33/h1-2,4-11,18H,3,12-17,19-20,34H2. The Hall–Kier alpha value is -3.11. The lowest BCUT2D eigenvalue weighted by molar-refractivity contribution is -0.274. The van der Waals surface area contributed by atoms with Crippen LogP contribution in [-0.4, -0.2) is 58.7 Å². The van der Waals surface area contributed by atoms with Gasteiger partial charge in [-0.25, -0.2) is 0 Å². The van der Waals surface area contributed by atoms with E-state index in [4.69, 9.17) is 22.4 Å². The summed E-state index contributed by atoms with van der Waals surface area (Å²) in [6.45, 7) is 6.68. The first-order chi connectivity index (χ1) is 18.8. The van der Waals surface area contributed by atoms with Gasteiger partial charge in [-0.2, -0.15) is 5.10 Å². The molecule has 1 saturated heterocycles. The molecule has 0 spiro atoms. The van der Waals surface area contributed by atoms with Crippen molar-refractivity contribution in [3.05, 3.63) is 82.9 Å². The van der Waals surface area contributed by atoms with Crippen LogP contribution in [0.2, 0.25) is 5.02 Å². The maximum atomic E-state index is 12.6. The minimum absolute atomic E-state index is 0.257. The van der Waals surface area contributed by atoms with Gasteiger partial charge in [-0.05, 0) is 66.6 Å². The SMILES string of the molecule is NCCCn1nc(-c2ccc(OC(F)(F)F)cc2)c2cc(CN3CCN(Cc4ccccc4Cl)CC3)ccc21. The van der Waals surface area contributed by atoms with E-state index in [0.717, 1.165) is 78.4 Å². The number of hydrogen-bond acceptors (Lipinski definition) is 5.